The van der Waals surface area contributed by atoms with Gasteiger partial charge in [-0.2, -0.15) is 13.8 Å². The summed E-state index contributed by atoms with van der Waals surface area (Å²) in [5, 5.41) is 0. The van der Waals surface area contributed by atoms with Crippen molar-refractivity contribution in [1.29, 1.82) is 0 Å². The molecule has 0 unspecified atom stereocenters. The number of hydrogen-bond donors (Lipinski definition) is 0. The summed E-state index contributed by atoms with van der Waals surface area (Å²) < 4.78 is 0. The van der Waals surface area contributed by atoms with E-state index in [9.17, 15) is 0 Å². The zero-order valence-electron chi connectivity index (χ0n) is 3.73. The van der Waals surface area contributed by atoms with Crippen molar-refractivity contribution in [2.45, 2.75) is 13.8 Å². The minimum Gasteiger partial charge on any atom is -0.346 e. The van der Waals surface area contributed by atoms with Crippen LogP contribution in [-0.2, 0) is 21.1 Å². The van der Waals surface area contributed by atoms with E-state index in [1.807, 2.05) is 0 Å². The van der Waals surface area contributed by atoms with E-state index in [0.29, 0.717) is 0 Å². The van der Waals surface area contributed by atoms with Crippen molar-refractivity contribution in [3.05, 3.63) is 13.8 Å². The molecule has 0 N–H and O–H groups in total. The van der Waals surface area contributed by atoms with E-state index in [0.717, 1.165) is 0 Å². The second kappa shape index (κ2) is 135. The van der Waals surface area contributed by atoms with Gasteiger partial charge in [-0.1, -0.05) is 0 Å². The van der Waals surface area contributed by atoms with Crippen molar-refractivity contribution in [3.63, 3.8) is 0 Å². The molecule has 36 valence electrons. The van der Waals surface area contributed by atoms with Crippen LogP contribution in [0.3, 0.4) is 0 Å². The maximum Gasteiger partial charge on any atom is 2.00 e. The molecule has 0 bridgehead atoms. The molecule has 0 aliphatic carbocycles. The smallest absolute Gasteiger partial charge is 0.346 e. The Bertz CT molecular complexity index is 3.61. The molecule has 0 radical (unpaired) electrons. The van der Waals surface area contributed by atoms with Crippen molar-refractivity contribution >= 4 is 0 Å². The summed E-state index contributed by atoms with van der Waals surface area (Å²) in [6, 6.07) is 0. The third kappa shape index (κ3) is 71.5. The van der Waals surface area contributed by atoms with Gasteiger partial charge in [0.25, 0.3) is 0 Å². The third-order valence-electron chi connectivity index (χ3n) is 0. The van der Waals surface area contributed by atoms with E-state index in [2.05, 4.69) is 13.8 Å². The van der Waals surface area contributed by atoms with E-state index in [1.54, 1.807) is 13.8 Å². The second-order valence-corrected chi connectivity index (χ2v) is 0. The van der Waals surface area contributed by atoms with Gasteiger partial charge in [0.1, 0.15) is 0 Å². The molecular formula is C4H10Pt. The monoisotopic (exact) mass is 253 g/mol. The summed E-state index contributed by atoms with van der Waals surface area (Å²) in [6.07, 6.45) is 0. The minimum atomic E-state index is 0. The first kappa shape index (κ1) is 17.3. The molecule has 0 fully saturated rings. The zero-order chi connectivity index (χ0) is 4.00. The van der Waals surface area contributed by atoms with E-state index in [-0.39, 0.29) is 21.1 Å². The summed E-state index contributed by atoms with van der Waals surface area (Å²) in [6.45, 7) is 10.0. The molecule has 5 heavy (non-hydrogen) atoms. The van der Waals surface area contributed by atoms with Crippen LogP contribution in [0.1, 0.15) is 13.8 Å². The molecule has 0 amide bonds. The Morgan fingerprint density at radius 3 is 0.800 bits per heavy atom. The molecule has 0 rings (SSSR count). The van der Waals surface area contributed by atoms with Crippen LogP contribution in [-0.4, -0.2) is 0 Å². The fourth-order valence-corrected chi connectivity index (χ4v) is 0. The van der Waals surface area contributed by atoms with Crippen molar-refractivity contribution in [1.82, 2.24) is 0 Å². The molecular weight excluding hydrogens is 243 g/mol. The number of hydrogen-bond acceptors (Lipinski definition) is 0. The van der Waals surface area contributed by atoms with E-state index in [1.165, 1.54) is 0 Å². The van der Waals surface area contributed by atoms with Gasteiger partial charge in [0.05, 0.1) is 0 Å². The fraction of sp³-hybridized carbons (Fsp3) is 0.500. The quantitative estimate of drug-likeness (QED) is 0.576. The average molecular weight is 253 g/mol. The van der Waals surface area contributed by atoms with Gasteiger partial charge in [0.15, 0.2) is 0 Å². The normalized spacial score (nSPS) is 2.40. The van der Waals surface area contributed by atoms with Crippen LogP contribution < -0.4 is 0 Å². The Morgan fingerprint density at radius 2 is 0.800 bits per heavy atom. The van der Waals surface area contributed by atoms with Crippen molar-refractivity contribution in [3.8, 4) is 0 Å². The first-order valence-electron chi connectivity index (χ1n) is 1.41. The summed E-state index contributed by atoms with van der Waals surface area (Å²) >= 11 is 0. The second-order valence-electron chi connectivity index (χ2n) is 0. The molecule has 0 spiro atoms. The van der Waals surface area contributed by atoms with Crippen LogP contribution in [0.15, 0.2) is 0 Å². The van der Waals surface area contributed by atoms with Gasteiger partial charge in [-0.05, 0) is 0 Å². The van der Waals surface area contributed by atoms with Gasteiger partial charge in [-0.15, -0.1) is 0 Å². The third-order valence-corrected chi connectivity index (χ3v) is 0. The van der Waals surface area contributed by atoms with Gasteiger partial charge in [-0.25, -0.2) is 0 Å². The fourth-order valence-electron chi connectivity index (χ4n) is 0. The Morgan fingerprint density at radius 1 is 0.800 bits per heavy atom. The minimum absolute atomic E-state index is 0. The molecule has 0 atom stereocenters. The van der Waals surface area contributed by atoms with Crippen LogP contribution in [0.25, 0.3) is 0 Å². The van der Waals surface area contributed by atoms with Crippen LogP contribution >= 0.6 is 0 Å². The van der Waals surface area contributed by atoms with E-state index < -0.39 is 0 Å². The SMILES string of the molecule is [CH2-]C.[CH2-]C.[Pt+2]. The Hall–Kier alpha value is 0.688. The summed E-state index contributed by atoms with van der Waals surface area (Å²) in [5.74, 6) is 0. The van der Waals surface area contributed by atoms with E-state index >= 15 is 0 Å². The molecule has 0 heterocycles. The van der Waals surface area contributed by atoms with Gasteiger partial charge in [0, 0.05) is 0 Å². The summed E-state index contributed by atoms with van der Waals surface area (Å²) in [5.41, 5.74) is 0. The summed E-state index contributed by atoms with van der Waals surface area (Å²) in [7, 11) is 0. The van der Waals surface area contributed by atoms with Gasteiger partial charge in [0.2, 0.25) is 0 Å². The topological polar surface area (TPSA) is 0 Å². The molecule has 1 heteroatoms. The first-order valence-corrected chi connectivity index (χ1v) is 1.41. The molecule has 0 aromatic rings. The molecule has 0 aromatic carbocycles. The molecule has 0 saturated carbocycles. The van der Waals surface area contributed by atoms with Gasteiger partial charge in [-0.3, -0.25) is 0 Å². The molecule has 0 aliphatic heterocycles. The van der Waals surface area contributed by atoms with Crippen LogP contribution in [0.5, 0.6) is 0 Å². The standard InChI is InChI=1S/2C2H5.Pt/c2*1-2;/h2*1H2,2H3;/q2*-1;+2. The van der Waals surface area contributed by atoms with Gasteiger partial charge >= 0.3 is 21.1 Å². The predicted octanol–water partition coefficient (Wildman–Crippen LogP) is 1.68. The van der Waals surface area contributed by atoms with E-state index in [4.69, 9.17) is 0 Å². The molecule has 0 aromatic heterocycles. The molecule has 0 aliphatic rings. The predicted molar refractivity (Wildman–Crippen MR) is 22.1 cm³/mol. The number of rotatable bonds is 0. The Labute approximate surface area is 49.2 Å². The van der Waals surface area contributed by atoms with Crippen LogP contribution in [0, 0.1) is 13.8 Å². The maximum atomic E-state index is 3.25. The Balaban J connectivity index is -0.0000000133. The molecule has 0 saturated heterocycles. The average Bonchev–Trinajstić information content (AvgIpc) is 1.50. The largest absolute Gasteiger partial charge is 2.00 e. The summed E-state index contributed by atoms with van der Waals surface area (Å²) in [4.78, 5) is 0. The van der Waals surface area contributed by atoms with Crippen molar-refractivity contribution in [2.75, 3.05) is 0 Å². The van der Waals surface area contributed by atoms with Crippen molar-refractivity contribution in [2.24, 2.45) is 0 Å². The van der Waals surface area contributed by atoms with Crippen LogP contribution in [0.4, 0.5) is 0 Å². The Kier molecular flexibility index (Phi) is 466. The zero-order valence-corrected chi connectivity index (χ0v) is 6.00. The molecule has 0 nitrogen and oxygen atoms in total. The maximum absolute atomic E-state index is 3.25. The first-order chi connectivity index (χ1) is 2.00. The van der Waals surface area contributed by atoms with Crippen LogP contribution in [0.2, 0.25) is 0 Å². The van der Waals surface area contributed by atoms with Crippen molar-refractivity contribution < 1.29 is 21.1 Å². The van der Waals surface area contributed by atoms with Gasteiger partial charge < -0.3 is 13.8 Å².